The molecule has 0 spiro atoms. The Bertz CT molecular complexity index is 924. The van der Waals surface area contributed by atoms with Crippen molar-refractivity contribution in [2.24, 2.45) is 10.9 Å². The number of thioether (sulfide) groups is 1. The fraction of sp³-hybridized carbons (Fsp3) is 0.409. The van der Waals surface area contributed by atoms with Gasteiger partial charge in [-0.1, -0.05) is 31.7 Å². The maximum absolute atomic E-state index is 13.0. The van der Waals surface area contributed by atoms with E-state index in [0.717, 1.165) is 5.75 Å². The summed E-state index contributed by atoms with van der Waals surface area (Å²) in [5, 5.41) is 11.3. The Morgan fingerprint density at radius 1 is 1.32 bits per heavy atom. The molecule has 9 heteroatoms. The first kappa shape index (κ1) is 24.3. The van der Waals surface area contributed by atoms with Crippen molar-refractivity contribution < 1.29 is 24.0 Å². The molecule has 1 aromatic carbocycles. The molecule has 1 unspecified atom stereocenters. The van der Waals surface area contributed by atoms with E-state index in [-0.39, 0.29) is 24.5 Å². The maximum Gasteiger partial charge on any atom is 0.336 e. The summed E-state index contributed by atoms with van der Waals surface area (Å²) in [5.41, 5.74) is 1.35. The van der Waals surface area contributed by atoms with Crippen molar-refractivity contribution in [2.45, 2.75) is 26.7 Å². The van der Waals surface area contributed by atoms with E-state index in [9.17, 15) is 19.7 Å². The molecule has 0 aliphatic carbocycles. The molecule has 1 aromatic rings. The highest BCUT2D eigenvalue weighted by Crippen LogP contribution is 2.41. The number of esters is 2. The lowest BCUT2D eigenvalue weighted by atomic mass is 9.75. The molecule has 8 nitrogen and oxygen atoms in total. The zero-order valence-corrected chi connectivity index (χ0v) is 18.6. The first-order valence-corrected chi connectivity index (χ1v) is 11.0. The van der Waals surface area contributed by atoms with Crippen molar-refractivity contribution in [2.75, 3.05) is 24.7 Å². The Morgan fingerprint density at radius 3 is 2.71 bits per heavy atom. The van der Waals surface area contributed by atoms with E-state index in [1.807, 2.05) is 6.92 Å². The van der Waals surface area contributed by atoms with Gasteiger partial charge >= 0.3 is 11.9 Å². The van der Waals surface area contributed by atoms with Crippen LogP contribution in [-0.2, 0) is 19.1 Å². The van der Waals surface area contributed by atoms with E-state index in [1.165, 1.54) is 24.3 Å². The lowest BCUT2D eigenvalue weighted by Crippen LogP contribution is -2.37. The van der Waals surface area contributed by atoms with Crippen LogP contribution in [0.5, 0.6) is 0 Å². The van der Waals surface area contributed by atoms with Gasteiger partial charge in [0.05, 0.1) is 10.5 Å². The standard InChI is InChI=1S/C22H26N2O6S/c1-5-10-29-21(25)18-14(3)23-15(4)19(22(26)30-11-12-31-6-2)20(18)16-8-7-9-17(13-16)24(27)28/h5,7-9,13,19-20H,1,6,10-12H2,2-4H3/t19?,20-/m0/s1. The summed E-state index contributed by atoms with van der Waals surface area (Å²) in [6.45, 7) is 9.10. The highest BCUT2D eigenvalue weighted by atomic mass is 32.2. The summed E-state index contributed by atoms with van der Waals surface area (Å²) in [4.78, 5) is 41.1. The highest BCUT2D eigenvalue weighted by Gasteiger charge is 2.42. The van der Waals surface area contributed by atoms with E-state index < -0.39 is 28.7 Å². The molecule has 0 amide bonds. The van der Waals surface area contributed by atoms with Crippen LogP contribution in [0.2, 0.25) is 0 Å². The number of nitrogens with zero attached hydrogens (tertiary/aromatic N) is 2. The molecule has 1 heterocycles. The van der Waals surface area contributed by atoms with Crippen LogP contribution in [-0.4, -0.2) is 47.3 Å². The average molecular weight is 447 g/mol. The number of hydrogen-bond acceptors (Lipinski definition) is 8. The molecule has 0 bridgehead atoms. The molecule has 0 aromatic heterocycles. The van der Waals surface area contributed by atoms with E-state index in [2.05, 4.69) is 11.6 Å². The molecule has 1 aliphatic heterocycles. The van der Waals surface area contributed by atoms with Crippen LogP contribution in [0.25, 0.3) is 0 Å². The minimum atomic E-state index is -0.899. The fourth-order valence-corrected chi connectivity index (χ4v) is 3.94. The molecule has 2 rings (SSSR count). The summed E-state index contributed by atoms with van der Waals surface area (Å²) >= 11 is 1.64. The minimum absolute atomic E-state index is 0.0106. The van der Waals surface area contributed by atoms with Crippen molar-refractivity contribution in [3.8, 4) is 0 Å². The minimum Gasteiger partial charge on any atom is -0.464 e. The second-order valence-electron chi connectivity index (χ2n) is 6.81. The second-order valence-corrected chi connectivity index (χ2v) is 8.21. The van der Waals surface area contributed by atoms with Gasteiger partial charge in [-0.15, -0.1) is 0 Å². The number of non-ortho nitro benzene ring substituents is 1. The second kappa shape index (κ2) is 11.5. The van der Waals surface area contributed by atoms with E-state index in [4.69, 9.17) is 9.47 Å². The number of nitro groups is 1. The summed E-state index contributed by atoms with van der Waals surface area (Å²) in [6.07, 6.45) is 1.44. The van der Waals surface area contributed by atoms with Crippen LogP contribution in [0.15, 0.2) is 53.2 Å². The molecule has 166 valence electrons. The lowest BCUT2D eigenvalue weighted by molar-refractivity contribution is -0.384. The molecule has 0 fully saturated rings. The van der Waals surface area contributed by atoms with Crippen LogP contribution in [0.1, 0.15) is 32.3 Å². The molecule has 2 atom stereocenters. The SMILES string of the molecule is C=CCOC(=O)C1=C(C)N=C(C)C(C(=O)OCCSCC)[C@H]1c1cccc([N+](=O)[O-])c1. The Morgan fingerprint density at radius 2 is 2.06 bits per heavy atom. The largest absolute Gasteiger partial charge is 0.464 e. The average Bonchev–Trinajstić information content (AvgIpc) is 2.74. The third-order valence-corrected chi connectivity index (χ3v) is 5.61. The Kier molecular flexibility index (Phi) is 8.99. The number of ether oxygens (including phenoxy) is 2. The van der Waals surface area contributed by atoms with Gasteiger partial charge in [0.2, 0.25) is 0 Å². The molecular weight excluding hydrogens is 420 g/mol. The van der Waals surface area contributed by atoms with Crippen molar-refractivity contribution in [3.63, 3.8) is 0 Å². The number of allylic oxidation sites excluding steroid dienone is 1. The van der Waals surface area contributed by atoms with Crippen LogP contribution >= 0.6 is 11.8 Å². The quantitative estimate of drug-likeness (QED) is 0.175. The molecule has 0 N–H and O–H groups in total. The van der Waals surface area contributed by atoms with Gasteiger partial charge in [0, 0.05) is 35.2 Å². The smallest absolute Gasteiger partial charge is 0.336 e. The zero-order chi connectivity index (χ0) is 23.0. The van der Waals surface area contributed by atoms with Crippen molar-refractivity contribution in [1.29, 1.82) is 0 Å². The molecular formula is C22H26N2O6S. The Labute approximate surface area is 185 Å². The van der Waals surface area contributed by atoms with Gasteiger partial charge in [0.25, 0.3) is 5.69 Å². The lowest BCUT2D eigenvalue weighted by Gasteiger charge is -2.31. The van der Waals surface area contributed by atoms with Gasteiger partial charge in [-0.2, -0.15) is 11.8 Å². The number of hydrogen-bond donors (Lipinski definition) is 0. The first-order chi connectivity index (χ1) is 14.8. The molecule has 1 aliphatic rings. The van der Waals surface area contributed by atoms with Crippen molar-refractivity contribution >= 4 is 35.1 Å². The summed E-state index contributed by atoms with van der Waals surface area (Å²) in [6, 6.07) is 5.90. The van der Waals surface area contributed by atoms with E-state index >= 15 is 0 Å². The third kappa shape index (κ3) is 6.04. The highest BCUT2D eigenvalue weighted by molar-refractivity contribution is 7.99. The normalized spacial score (nSPS) is 18.2. The number of rotatable bonds is 10. The van der Waals surface area contributed by atoms with Crippen LogP contribution in [0.3, 0.4) is 0 Å². The molecule has 0 saturated carbocycles. The van der Waals surface area contributed by atoms with E-state index in [1.54, 1.807) is 31.7 Å². The third-order valence-electron chi connectivity index (χ3n) is 4.75. The number of nitro benzene ring substituents is 1. The zero-order valence-electron chi connectivity index (χ0n) is 17.8. The summed E-state index contributed by atoms with van der Waals surface area (Å²) < 4.78 is 10.7. The van der Waals surface area contributed by atoms with Gasteiger partial charge < -0.3 is 9.47 Å². The van der Waals surface area contributed by atoms with Crippen LogP contribution in [0.4, 0.5) is 5.69 Å². The van der Waals surface area contributed by atoms with Gasteiger partial charge in [-0.05, 0) is 25.2 Å². The van der Waals surface area contributed by atoms with Gasteiger partial charge in [0.1, 0.15) is 19.1 Å². The molecule has 0 saturated heterocycles. The number of carbonyl (C=O) groups excluding carboxylic acids is 2. The van der Waals surface area contributed by atoms with Gasteiger partial charge in [0.15, 0.2) is 0 Å². The maximum atomic E-state index is 13.0. The first-order valence-electron chi connectivity index (χ1n) is 9.84. The fourth-order valence-electron chi connectivity index (χ4n) is 3.45. The molecule has 31 heavy (non-hydrogen) atoms. The van der Waals surface area contributed by atoms with Crippen LogP contribution < -0.4 is 0 Å². The monoisotopic (exact) mass is 446 g/mol. The number of carbonyl (C=O) groups is 2. The topological polar surface area (TPSA) is 108 Å². The number of aliphatic imine (C=N–C) groups is 1. The van der Waals surface area contributed by atoms with Crippen LogP contribution in [0, 0.1) is 16.0 Å². The van der Waals surface area contributed by atoms with Gasteiger partial charge in [-0.25, -0.2) is 4.79 Å². The predicted molar refractivity (Wildman–Crippen MR) is 120 cm³/mol. The molecule has 0 radical (unpaired) electrons. The van der Waals surface area contributed by atoms with Gasteiger partial charge in [-0.3, -0.25) is 19.9 Å². The Hall–Kier alpha value is -2.94. The Balaban J connectivity index is 2.52. The predicted octanol–water partition coefficient (Wildman–Crippen LogP) is 4.07. The van der Waals surface area contributed by atoms with E-state index in [0.29, 0.717) is 22.7 Å². The summed E-state index contributed by atoms with van der Waals surface area (Å²) in [5.74, 6) is -1.35. The van der Waals surface area contributed by atoms with Crippen molar-refractivity contribution in [3.05, 3.63) is 63.9 Å². The summed E-state index contributed by atoms with van der Waals surface area (Å²) in [7, 11) is 0. The van der Waals surface area contributed by atoms with Crippen molar-refractivity contribution in [1.82, 2.24) is 0 Å². The number of benzene rings is 1.